The first-order valence-electron chi connectivity index (χ1n) is 5.42. The first-order valence-corrected chi connectivity index (χ1v) is 6.17. The highest BCUT2D eigenvalue weighted by Crippen LogP contribution is 2.21. The fourth-order valence-corrected chi connectivity index (χ4v) is 1.91. The van der Waals surface area contributed by atoms with Crippen LogP contribution >= 0.6 is 23.2 Å². The topological polar surface area (TPSA) is 55.1 Å². The number of carbonyl (C=O) groups excluding carboxylic acids is 1. The molecule has 0 fully saturated rings. The van der Waals surface area contributed by atoms with Crippen LogP contribution in [-0.4, -0.2) is 10.9 Å². The van der Waals surface area contributed by atoms with Crippen molar-refractivity contribution in [2.45, 2.75) is 6.92 Å². The number of aryl methyl sites for hydroxylation is 1. The lowest BCUT2D eigenvalue weighted by Gasteiger charge is -2.00. The van der Waals surface area contributed by atoms with Crippen molar-refractivity contribution < 1.29 is 9.32 Å². The predicted molar refractivity (Wildman–Crippen MR) is 74.8 cm³/mol. The van der Waals surface area contributed by atoms with E-state index in [1.807, 2.05) is 0 Å². The molecule has 1 N–H and O–H groups in total. The first-order chi connectivity index (χ1) is 9.06. The van der Waals surface area contributed by atoms with Crippen LogP contribution in [0.5, 0.6) is 0 Å². The van der Waals surface area contributed by atoms with Crippen molar-refractivity contribution in [2.75, 3.05) is 5.32 Å². The summed E-state index contributed by atoms with van der Waals surface area (Å²) in [5, 5.41) is 7.31. The van der Waals surface area contributed by atoms with Gasteiger partial charge in [-0.3, -0.25) is 4.79 Å². The number of nitrogens with zero attached hydrogens (tertiary/aromatic N) is 1. The van der Waals surface area contributed by atoms with Gasteiger partial charge in [0.25, 0.3) is 0 Å². The summed E-state index contributed by atoms with van der Waals surface area (Å²) in [4.78, 5) is 11.9. The van der Waals surface area contributed by atoms with E-state index in [9.17, 15) is 4.79 Å². The summed E-state index contributed by atoms with van der Waals surface area (Å²) >= 11 is 11.7. The highest BCUT2D eigenvalue weighted by Gasteiger charge is 2.07. The van der Waals surface area contributed by atoms with E-state index < -0.39 is 0 Å². The van der Waals surface area contributed by atoms with Gasteiger partial charge in [-0.25, -0.2) is 0 Å². The Morgan fingerprint density at radius 3 is 2.79 bits per heavy atom. The minimum Gasteiger partial charge on any atom is -0.338 e. The molecule has 1 heterocycles. The van der Waals surface area contributed by atoms with Crippen LogP contribution < -0.4 is 5.32 Å². The van der Waals surface area contributed by atoms with Crippen LogP contribution in [0, 0.1) is 6.92 Å². The van der Waals surface area contributed by atoms with E-state index in [4.69, 9.17) is 27.7 Å². The van der Waals surface area contributed by atoms with E-state index in [0.717, 1.165) is 5.69 Å². The molecule has 4 nitrogen and oxygen atoms in total. The molecule has 2 rings (SSSR count). The van der Waals surface area contributed by atoms with E-state index in [2.05, 4.69) is 10.5 Å². The predicted octanol–water partition coefficient (Wildman–Crippen LogP) is 4.10. The minimum atomic E-state index is -0.231. The van der Waals surface area contributed by atoms with Crippen molar-refractivity contribution in [3.8, 4) is 0 Å². The molecule has 0 bridgehead atoms. The van der Waals surface area contributed by atoms with Crippen LogP contribution in [0.4, 0.5) is 5.88 Å². The Hall–Kier alpha value is -1.78. The molecule has 98 valence electrons. The normalized spacial score (nSPS) is 10.9. The molecular weight excluding hydrogens is 287 g/mol. The smallest absolute Gasteiger partial charge is 0.228 e. The average molecular weight is 297 g/mol. The maximum absolute atomic E-state index is 11.9. The number of nitrogens with one attached hydrogen (secondary N) is 1. The lowest BCUT2D eigenvalue weighted by Crippen LogP contribution is -1.97. The molecule has 0 radical (unpaired) electrons. The highest BCUT2D eigenvalue weighted by atomic mass is 35.5. The Morgan fingerprint density at radius 2 is 2.16 bits per heavy atom. The minimum absolute atomic E-state index is 0.231. The lowest BCUT2D eigenvalue weighted by molar-refractivity contribution is 0.104. The van der Waals surface area contributed by atoms with Crippen LogP contribution in [0.25, 0.3) is 0 Å². The molecule has 1 aromatic carbocycles. The van der Waals surface area contributed by atoms with Crippen LogP contribution in [0.3, 0.4) is 0 Å². The summed E-state index contributed by atoms with van der Waals surface area (Å²) in [5.41, 5.74) is 1.14. The number of allylic oxidation sites excluding steroid dienone is 1. The summed E-state index contributed by atoms with van der Waals surface area (Å²) in [6.07, 6.45) is 2.82. The van der Waals surface area contributed by atoms with Crippen molar-refractivity contribution in [1.82, 2.24) is 5.16 Å². The van der Waals surface area contributed by atoms with Gasteiger partial charge in [-0.2, -0.15) is 0 Å². The van der Waals surface area contributed by atoms with Gasteiger partial charge in [-0.05, 0) is 25.1 Å². The summed E-state index contributed by atoms with van der Waals surface area (Å²) in [6.45, 7) is 1.80. The number of rotatable bonds is 4. The number of halogens is 2. The van der Waals surface area contributed by atoms with Gasteiger partial charge < -0.3 is 9.84 Å². The van der Waals surface area contributed by atoms with Crippen LogP contribution in [-0.2, 0) is 0 Å². The zero-order valence-corrected chi connectivity index (χ0v) is 11.5. The molecule has 2 aromatic rings. The molecule has 0 amide bonds. The third-order valence-corrected chi connectivity index (χ3v) is 2.83. The third kappa shape index (κ3) is 3.59. The number of hydrogen-bond acceptors (Lipinski definition) is 4. The highest BCUT2D eigenvalue weighted by molar-refractivity contribution is 6.37. The Labute approximate surface area is 120 Å². The molecule has 0 saturated heterocycles. The number of anilines is 1. The van der Waals surface area contributed by atoms with Crippen molar-refractivity contribution in [3.63, 3.8) is 0 Å². The van der Waals surface area contributed by atoms with Crippen molar-refractivity contribution >= 4 is 34.9 Å². The fraction of sp³-hybridized carbons (Fsp3) is 0.0769. The molecule has 1 aromatic heterocycles. The molecular formula is C13H10Cl2N2O2. The van der Waals surface area contributed by atoms with Gasteiger partial charge in [0, 0.05) is 28.9 Å². The number of ketones is 1. The van der Waals surface area contributed by atoms with Crippen molar-refractivity contribution in [3.05, 3.63) is 57.8 Å². The Kier molecular flexibility index (Phi) is 4.24. The monoisotopic (exact) mass is 296 g/mol. The van der Waals surface area contributed by atoms with E-state index in [0.29, 0.717) is 21.5 Å². The number of carbonyl (C=O) groups is 1. The maximum Gasteiger partial charge on any atom is 0.228 e. The summed E-state index contributed by atoms with van der Waals surface area (Å²) in [5.74, 6) is 0.231. The van der Waals surface area contributed by atoms with E-state index >= 15 is 0 Å². The third-order valence-electron chi connectivity index (χ3n) is 2.28. The molecule has 0 atom stereocenters. The van der Waals surface area contributed by atoms with Gasteiger partial charge in [-0.1, -0.05) is 28.4 Å². The average Bonchev–Trinajstić information content (AvgIpc) is 2.75. The second-order valence-corrected chi connectivity index (χ2v) is 4.64. The molecule has 0 aliphatic heterocycles. The molecule has 6 heteroatoms. The van der Waals surface area contributed by atoms with E-state index in [1.54, 1.807) is 25.1 Å². The molecule has 19 heavy (non-hydrogen) atoms. The second-order valence-electron chi connectivity index (χ2n) is 3.80. The van der Waals surface area contributed by atoms with Crippen LogP contribution in [0.2, 0.25) is 10.0 Å². The zero-order chi connectivity index (χ0) is 13.8. The largest absolute Gasteiger partial charge is 0.338 e. The van der Waals surface area contributed by atoms with Crippen molar-refractivity contribution in [2.24, 2.45) is 0 Å². The number of benzene rings is 1. The summed E-state index contributed by atoms with van der Waals surface area (Å²) in [6, 6.07) is 6.43. The molecule has 0 unspecified atom stereocenters. The summed E-state index contributed by atoms with van der Waals surface area (Å²) < 4.78 is 4.92. The standard InChI is InChI=1S/C13H10Cl2N2O2/c1-8-6-13(19-17-8)16-5-4-12(18)10-3-2-9(14)7-11(10)15/h2-7,16H,1H3. The number of hydrogen-bond donors (Lipinski definition) is 1. The lowest BCUT2D eigenvalue weighted by atomic mass is 10.1. The Morgan fingerprint density at radius 1 is 1.37 bits per heavy atom. The van der Waals surface area contributed by atoms with Gasteiger partial charge in [-0.15, -0.1) is 0 Å². The SMILES string of the molecule is Cc1cc(NC=CC(=O)c2ccc(Cl)cc2Cl)on1. The van der Waals surface area contributed by atoms with Gasteiger partial charge >= 0.3 is 0 Å². The Balaban J connectivity index is 2.04. The van der Waals surface area contributed by atoms with Crippen LogP contribution in [0.15, 0.2) is 41.1 Å². The second kappa shape index (κ2) is 5.91. The Bertz CT molecular complexity index is 635. The van der Waals surface area contributed by atoms with Gasteiger partial charge in [0.1, 0.15) is 0 Å². The summed E-state index contributed by atoms with van der Waals surface area (Å²) in [7, 11) is 0. The van der Waals surface area contributed by atoms with E-state index in [1.165, 1.54) is 18.3 Å². The number of aromatic nitrogens is 1. The van der Waals surface area contributed by atoms with E-state index in [-0.39, 0.29) is 5.78 Å². The molecule has 0 aliphatic rings. The zero-order valence-electron chi connectivity index (χ0n) is 9.98. The van der Waals surface area contributed by atoms with Crippen molar-refractivity contribution in [1.29, 1.82) is 0 Å². The maximum atomic E-state index is 11.9. The quantitative estimate of drug-likeness (QED) is 0.682. The molecule has 0 saturated carbocycles. The molecule has 0 aliphatic carbocycles. The van der Waals surface area contributed by atoms with Gasteiger partial charge in [0.05, 0.1) is 10.7 Å². The van der Waals surface area contributed by atoms with Crippen LogP contribution in [0.1, 0.15) is 16.1 Å². The van der Waals surface area contributed by atoms with Gasteiger partial charge in [0.15, 0.2) is 5.78 Å². The molecule has 0 spiro atoms. The first kappa shape index (κ1) is 13.6. The fourth-order valence-electron chi connectivity index (χ4n) is 1.41. The van der Waals surface area contributed by atoms with Gasteiger partial charge in [0.2, 0.25) is 5.88 Å².